The highest BCUT2D eigenvalue weighted by molar-refractivity contribution is 7.80. The molecular weight excluding hydrogens is 304 g/mol. The largest absolute Gasteiger partial charge is 0.357 e. The van der Waals surface area contributed by atoms with E-state index in [1.54, 1.807) is 4.90 Å². The Morgan fingerprint density at radius 1 is 1.26 bits per heavy atom. The summed E-state index contributed by atoms with van der Waals surface area (Å²) in [7, 11) is 4.33. The lowest BCUT2D eigenvalue weighted by Gasteiger charge is -2.33. The fourth-order valence-corrected chi connectivity index (χ4v) is 2.97. The molecule has 0 aliphatic carbocycles. The lowest BCUT2D eigenvalue weighted by atomic mass is 10.2. The van der Waals surface area contributed by atoms with Crippen LogP contribution in [0.5, 0.6) is 0 Å². The van der Waals surface area contributed by atoms with Gasteiger partial charge in [0.2, 0.25) is 0 Å². The second-order valence-corrected chi connectivity index (χ2v) is 6.83. The summed E-state index contributed by atoms with van der Waals surface area (Å²) >= 11 is 5.50. The van der Waals surface area contributed by atoms with Gasteiger partial charge in [-0.1, -0.05) is 36.4 Å². The van der Waals surface area contributed by atoms with Gasteiger partial charge in [-0.25, -0.2) is 0 Å². The number of nitrogens with one attached hydrogen (secondary N) is 3. The summed E-state index contributed by atoms with van der Waals surface area (Å²) in [6.07, 6.45) is 4.51. The molecule has 0 spiro atoms. The molecule has 0 bridgehead atoms. The Morgan fingerprint density at radius 3 is 2.61 bits per heavy atom. The van der Waals surface area contributed by atoms with Gasteiger partial charge in [0.15, 0.2) is 5.11 Å². The molecule has 1 fully saturated rings. The van der Waals surface area contributed by atoms with Crippen molar-refractivity contribution >= 4 is 23.4 Å². The highest BCUT2D eigenvalue weighted by atomic mass is 32.1. The van der Waals surface area contributed by atoms with Gasteiger partial charge in [-0.05, 0) is 23.9 Å². The van der Waals surface area contributed by atoms with Crippen LogP contribution in [-0.2, 0) is 0 Å². The molecule has 0 atom stereocenters. The van der Waals surface area contributed by atoms with E-state index in [1.165, 1.54) is 10.5 Å². The van der Waals surface area contributed by atoms with E-state index in [9.17, 15) is 0 Å². The first-order valence-corrected chi connectivity index (χ1v) is 8.93. The van der Waals surface area contributed by atoms with Gasteiger partial charge >= 0.3 is 0 Å². The van der Waals surface area contributed by atoms with Crippen molar-refractivity contribution in [2.75, 3.05) is 59.9 Å². The summed E-state index contributed by atoms with van der Waals surface area (Å²) in [4.78, 5) is 5.39. The summed E-state index contributed by atoms with van der Waals surface area (Å²) in [5, 5.41) is 4.30. The van der Waals surface area contributed by atoms with E-state index in [4.69, 9.17) is 12.2 Å². The first kappa shape index (κ1) is 17.9. The predicted octanol–water partition coefficient (Wildman–Crippen LogP) is -1.08. The molecule has 1 saturated heterocycles. The summed E-state index contributed by atoms with van der Waals surface area (Å²) in [5.41, 5.74) is 1.28. The van der Waals surface area contributed by atoms with E-state index in [0.29, 0.717) is 0 Å². The first-order valence-electron chi connectivity index (χ1n) is 8.52. The Balaban J connectivity index is 1.65. The maximum atomic E-state index is 5.50. The van der Waals surface area contributed by atoms with Crippen molar-refractivity contribution in [3.8, 4) is 0 Å². The molecule has 1 aliphatic rings. The van der Waals surface area contributed by atoms with Crippen molar-refractivity contribution in [1.29, 1.82) is 0 Å². The van der Waals surface area contributed by atoms with Crippen LogP contribution in [0.25, 0.3) is 6.08 Å². The SMILES string of the molecule is C[NH+](C)CCNC(=S)N1CC[NH+](C/C=C/c2ccccc2)CC1. The number of piperazine rings is 1. The standard InChI is InChI=1S/C18H28N4S/c1-20(2)12-10-19-18(23)22-15-13-21(14-16-22)11-6-9-17-7-4-3-5-8-17/h3-9H,10-16H2,1-2H3,(H,19,23)/p+2/b9-6+. The number of hydrogen-bond donors (Lipinski definition) is 3. The van der Waals surface area contributed by atoms with Crippen LogP contribution in [0.2, 0.25) is 0 Å². The third-order valence-corrected chi connectivity index (χ3v) is 4.58. The van der Waals surface area contributed by atoms with Gasteiger partial charge in [0.05, 0.1) is 59.9 Å². The number of thiocarbonyl (C=S) groups is 1. The molecule has 3 N–H and O–H groups in total. The highest BCUT2D eigenvalue weighted by Crippen LogP contribution is 1.99. The van der Waals surface area contributed by atoms with E-state index in [-0.39, 0.29) is 0 Å². The van der Waals surface area contributed by atoms with Gasteiger partial charge < -0.3 is 20.0 Å². The maximum absolute atomic E-state index is 5.50. The fraction of sp³-hybridized carbons (Fsp3) is 0.500. The average Bonchev–Trinajstić information content (AvgIpc) is 2.56. The summed E-state index contributed by atoms with van der Waals surface area (Å²) in [6, 6.07) is 10.5. The minimum atomic E-state index is 0.921. The lowest BCUT2D eigenvalue weighted by Crippen LogP contribution is -3.14. The Bertz CT molecular complexity index is 493. The minimum Gasteiger partial charge on any atom is -0.357 e. The van der Waals surface area contributed by atoms with Gasteiger partial charge in [-0.3, -0.25) is 0 Å². The Kier molecular flexibility index (Phi) is 7.52. The maximum Gasteiger partial charge on any atom is 0.169 e. The Labute approximate surface area is 145 Å². The van der Waals surface area contributed by atoms with Crippen LogP contribution in [0.3, 0.4) is 0 Å². The zero-order valence-electron chi connectivity index (χ0n) is 14.3. The second-order valence-electron chi connectivity index (χ2n) is 6.44. The third-order valence-electron chi connectivity index (χ3n) is 4.18. The molecule has 0 saturated carbocycles. The molecule has 1 aromatic carbocycles. The number of rotatable bonds is 6. The molecule has 126 valence electrons. The van der Waals surface area contributed by atoms with Crippen molar-refractivity contribution in [2.45, 2.75) is 0 Å². The van der Waals surface area contributed by atoms with Gasteiger partial charge in [-0.15, -0.1) is 0 Å². The van der Waals surface area contributed by atoms with Gasteiger partial charge in [0.1, 0.15) is 0 Å². The lowest BCUT2D eigenvalue weighted by molar-refractivity contribution is -0.897. The number of likely N-dealkylation sites (N-methyl/N-ethyl adjacent to an activating group) is 1. The normalized spacial score (nSPS) is 16.2. The average molecular weight is 335 g/mol. The van der Waals surface area contributed by atoms with E-state index >= 15 is 0 Å². The van der Waals surface area contributed by atoms with Crippen LogP contribution >= 0.6 is 12.2 Å². The minimum absolute atomic E-state index is 0.921. The molecule has 0 unspecified atom stereocenters. The Morgan fingerprint density at radius 2 is 1.96 bits per heavy atom. The van der Waals surface area contributed by atoms with E-state index in [1.807, 2.05) is 0 Å². The summed E-state index contributed by atoms with van der Waals surface area (Å²) in [6.45, 7) is 7.54. The smallest absolute Gasteiger partial charge is 0.169 e. The van der Waals surface area contributed by atoms with Crippen LogP contribution in [0, 0.1) is 0 Å². The quantitative estimate of drug-likeness (QED) is 0.577. The molecule has 23 heavy (non-hydrogen) atoms. The van der Waals surface area contributed by atoms with Gasteiger partial charge in [0.25, 0.3) is 0 Å². The highest BCUT2D eigenvalue weighted by Gasteiger charge is 2.20. The molecule has 0 radical (unpaired) electrons. The molecule has 5 heteroatoms. The van der Waals surface area contributed by atoms with Gasteiger partial charge in [0, 0.05) is 0 Å². The van der Waals surface area contributed by atoms with Crippen molar-refractivity contribution in [3.63, 3.8) is 0 Å². The van der Waals surface area contributed by atoms with Crippen molar-refractivity contribution in [2.24, 2.45) is 0 Å². The number of quaternary nitrogens is 2. The fourth-order valence-electron chi connectivity index (χ4n) is 2.69. The van der Waals surface area contributed by atoms with E-state index in [0.717, 1.165) is 50.9 Å². The molecule has 1 heterocycles. The molecule has 2 rings (SSSR count). The van der Waals surface area contributed by atoms with Crippen LogP contribution in [0.4, 0.5) is 0 Å². The molecule has 1 aromatic rings. The predicted molar refractivity (Wildman–Crippen MR) is 101 cm³/mol. The van der Waals surface area contributed by atoms with E-state index < -0.39 is 0 Å². The zero-order valence-corrected chi connectivity index (χ0v) is 15.2. The molecule has 0 aromatic heterocycles. The molecule has 0 amide bonds. The first-order chi connectivity index (χ1) is 11.1. The summed E-state index contributed by atoms with van der Waals surface area (Å²) < 4.78 is 0. The molecular formula is C18H30N4S+2. The van der Waals surface area contributed by atoms with Crippen LogP contribution in [-0.4, -0.2) is 69.9 Å². The zero-order chi connectivity index (χ0) is 16.5. The van der Waals surface area contributed by atoms with E-state index in [2.05, 4.69) is 66.8 Å². The van der Waals surface area contributed by atoms with Crippen molar-refractivity contribution in [1.82, 2.24) is 10.2 Å². The van der Waals surface area contributed by atoms with Crippen LogP contribution in [0.15, 0.2) is 36.4 Å². The third kappa shape index (κ3) is 6.69. The number of nitrogens with zero attached hydrogens (tertiary/aromatic N) is 1. The molecule has 4 nitrogen and oxygen atoms in total. The molecule has 1 aliphatic heterocycles. The van der Waals surface area contributed by atoms with Crippen LogP contribution in [0.1, 0.15) is 5.56 Å². The monoisotopic (exact) mass is 334 g/mol. The van der Waals surface area contributed by atoms with Gasteiger partial charge in [-0.2, -0.15) is 0 Å². The topological polar surface area (TPSA) is 24.2 Å². The van der Waals surface area contributed by atoms with Crippen LogP contribution < -0.4 is 15.1 Å². The number of benzene rings is 1. The van der Waals surface area contributed by atoms with Crippen molar-refractivity contribution < 1.29 is 9.80 Å². The van der Waals surface area contributed by atoms with Crippen molar-refractivity contribution in [3.05, 3.63) is 42.0 Å². The number of hydrogen-bond acceptors (Lipinski definition) is 1. The Hall–Kier alpha value is -1.43. The second kappa shape index (κ2) is 9.65. The summed E-state index contributed by atoms with van der Waals surface area (Å²) in [5.74, 6) is 0.